The van der Waals surface area contributed by atoms with E-state index in [4.69, 9.17) is 16.2 Å². The van der Waals surface area contributed by atoms with Crippen molar-refractivity contribution in [1.82, 2.24) is 9.29 Å². The van der Waals surface area contributed by atoms with Gasteiger partial charge in [0, 0.05) is 31.3 Å². The Bertz CT molecular complexity index is 721. The lowest BCUT2D eigenvalue weighted by atomic mass is 10.1. The van der Waals surface area contributed by atoms with Gasteiger partial charge in [-0.05, 0) is 12.5 Å². The number of carbonyl (C=O) groups is 1. The van der Waals surface area contributed by atoms with Crippen molar-refractivity contribution in [3.63, 3.8) is 0 Å². The summed E-state index contributed by atoms with van der Waals surface area (Å²) >= 11 is 0. The van der Waals surface area contributed by atoms with E-state index < -0.39 is 21.8 Å². The molecule has 1 amide bonds. The molecule has 2 heterocycles. The first kappa shape index (κ1) is 18.3. The van der Waals surface area contributed by atoms with Crippen LogP contribution in [0.3, 0.4) is 0 Å². The predicted octanol–water partition coefficient (Wildman–Crippen LogP) is -0.232. The van der Waals surface area contributed by atoms with Gasteiger partial charge in [0.1, 0.15) is 11.5 Å². The van der Waals surface area contributed by atoms with Gasteiger partial charge >= 0.3 is 0 Å². The number of rotatable bonds is 7. The molecule has 1 saturated heterocycles. The highest BCUT2D eigenvalue weighted by atomic mass is 32.2. The number of halogens is 1. The molecule has 0 bridgehead atoms. The number of carbonyl (C=O) groups excluding carboxylic acids is 1. The monoisotopic (exact) mass is 358 g/mol. The molecular weight excluding hydrogens is 339 g/mol. The largest absolute Gasteiger partial charge is 0.473 e. The minimum absolute atomic E-state index is 0.0128. The molecule has 2 rings (SSSR count). The summed E-state index contributed by atoms with van der Waals surface area (Å²) in [6.45, 7) is 0.240. The van der Waals surface area contributed by atoms with Crippen LogP contribution in [0.5, 0.6) is 5.88 Å². The zero-order chi connectivity index (χ0) is 17.7. The molecule has 24 heavy (non-hydrogen) atoms. The Kier molecular flexibility index (Phi) is 5.86. The van der Waals surface area contributed by atoms with Gasteiger partial charge in [-0.1, -0.05) is 0 Å². The van der Waals surface area contributed by atoms with Gasteiger partial charge in [0.2, 0.25) is 21.8 Å². The van der Waals surface area contributed by atoms with Crippen LogP contribution in [0.4, 0.5) is 4.39 Å². The zero-order valence-corrected chi connectivity index (χ0v) is 13.7. The Labute approximate surface area is 139 Å². The third-order valence-corrected chi connectivity index (χ3v) is 5.57. The minimum atomic E-state index is -3.75. The van der Waals surface area contributed by atoms with Gasteiger partial charge in [-0.3, -0.25) is 4.79 Å². The highest BCUT2D eigenvalue weighted by molar-refractivity contribution is 7.89. The molecule has 0 spiro atoms. The average molecular weight is 358 g/mol. The normalized spacial score (nSPS) is 19.4. The number of nitrogens with two attached hydrogens (primary N) is 2. The van der Waals surface area contributed by atoms with E-state index >= 15 is 0 Å². The summed E-state index contributed by atoms with van der Waals surface area (Å²) in [7, 11) is -3.75. The molecule has 1 aromatic rings. The van der Waals surface area contributed by atoms with Crippen LogP contribution in [0.1, 0.15) is 6.42 Å². The Balaban J connectivity index is 2.05. The fourth-order valence-corrected chi connectivity index (χ4v) is 3.68. The van der Waals surface area contributed by atoms with Crippen LogP contribution in [-0.2, 0) is 14.8 Å². The second-order valence-electron chi connectivity index (χ2n) is 5.34. The number of sulfonamides is 1. The van der Waals surface area contributed by atoms with Crippen molar-refractivity contribution >= 4 is 15.9 Å². The van der Waals surface area contributed by atoms with Crippen molar-refractivity contribution < 1.29 is 22.3 Å². The molecule has 1 aliphatic rings. The first-order valence-corrected chi connectivity index (χ1v) is 8.69. The van der Waals surface area contributed by atoms with Gasteiger partial charge in [-0.2, -0.15) is 4.31 Å². The number of aromatic nitrogens is 1. The lowest BCUT2D eigenvalue weighted by molar-refractivity contribution is -0.121. The van der Waals surface area contributed by atoms with Crippen molar-refractivity contribution in [3.05, 3.63) is 30.2 Å². The molecule has 10 heteroatoms. The summed E-state index contributed by atoms with van der Waals surface area (Å²) < 4.78 is 43.8. The fourth-order valence-electron chi connectivity index (χ4n) is 2.23. The maximum Gasteiger partial charge on any atom is 0.244 e. The van der Waals surface area contributed by atoms with E-state index in [-0.39, 0.29) is 42.6 Å². The van der Waals surface area contributed by atoms with Crippen molar-refractivity contribution in [2.75, 3.05) is 26.2 Å². The van der Waals surface area contributed by atoms with E-state index in [1.165, 1.54) is 16.4 Å². The van der Waals surface area contributed by atoms with Gasteiger partial charge in [-0.15, -0.1) is 0 Å². The summed E-state index contributed by atoms with van der Waals surface area (Å²) in [6, 6.07) is 2.72. The minimum Gasteiger partial charge on any atom is -0.473 e. The van der Waals surface area contributed by atoms with Crippen LogP contribution in [0, 0.1) is 5.92 Å². The first-order chi connectivity index (χ1) is 11.4. The zero-order valence-electron chi connectivity index (χ0n) is 12.9. The highest BCUT2D eigenvalue weighted by Gasteiger charge is 2.35. The topological polar surface area (TPSA) is 129 Å². The molecule has 1 aromatic heterocycles. The first-order valence-electron chi connectivity index (χ1n) is 7.25. The van der Waals surface area contributed by atoms with Crippen LogP contribution in [0.2, 0.25) is 0 Å². The number of nitrogens with zero attached hydrogens (tertiary/aromatic N) is 2. The average Bonchev–Trinajstić information content (AvgIpc) is 3.07. The standard InChI is InChI=1S/C14H19FN4O4S/c15-5-10(6-16)9-23-13-2-1-12(7-18-13)24(21,22)19-4-3-11(8-19)14(17)20/h1-2,5,7,11H,3-4,6,8-9,16H2,(H2,17,20)/b10-5+/t11-/m1/s1. The van der Waals surface area contributed by atoms with Crippen LogP contribution < -0.4 is 16.2 Å². The third kappa shape index (κ3) is 4.08. The Morgan fingerprint density at radius 2 is 2.25 bits per heavy atom. The van der Waals surface area contributed by atoms with Crippen LogP contribution in [0.25, 0.3) is 0 Å². The molecule has 0 aliphatic carbocycles. The van der Waals surface area contributed by atoms with Crippen molar-refractivity contribution in [2.24, 2.45) is 17.4 Å². The lowest BCUT2D eigenvalue weighted by Gasteiger charge is -2.16. The van der Waals surface area contributed by atoms with E-state index in [1.807, 2.05) is 0 Å². The Morgan fingerprint density at radius 1 is 1.50 bits per heavy atom. The second kappa shape index (κ2) is 7.69. The maximum absolute atomic E-state index is 12.5. The van der Waals surface area contributed by atoms with Crippen molar-refractivity contribution in [2.45, 2.75) is 11.3 Å². The van der Waals surface area contributed by atoms with Crippen LogP contribution in [-0.4, -0.2) is 49.9 Å². The van der Waals surface area contributed by atoms with E-state index in [1.54, 1.807) is 0 Å². The van der Waals surface area contributed by atoms with Gasteiger partial charge in [0.05, 0.1) is 18.4 Å². The molecule has 1 fully saturated rings. The summed E-state index contributed by atoms with van der Waals surface area (Å²) in [5.41, 5.74) is 10.8. The summed E-state index contributed by atoms with van der Waals surface area (Å²) in [5.74, 6) is -0.832. The van der Waals surface area contributed by atoms with E-state index in [0.29, 0.717) is 12.8 Å². The Hall–Kier alpha value is -2.04. The number of hydrogen-bond acceptors (Lipinski definition) is 6. The van der Waals surface area contributed by atoms with E-state index in [2.05, 4.69) is 4.98 Å². The smallest absolute Gasteiger partial charge is 0.244 e. The molecule has 132 valence electrons. The molecule has 0 saturated carbocycles. The number of ether oxygens (including phenoxy) is 1. The summed E-state index contributed by atoms with van der Waals surface area (Å²) in [4.78, 5) is 15.1. The van der Waals surface area contributed by atoms with Gasteiger partial charge in [0.25, 0.3) is 0 Å². The third-order valence-electron chi connectivity index (χ3n) is 3.72. The van der Waals surface area contributed by atoms with E-state index in [0.717, 1.165) is 6.20 Å². The highest BCUT2D eigenvalue weighted by Crippen LogP contribution is 2.24. The van der Waals surface area contributed by atoms with Crippen LogP contribution in [0.15, 0.2) is 35.1 Å². The SMILES string of the molecule is NC/C(=C\F)COc1ccc(S(=O)(=O)N2CC[C@@H](C(N)=O)C2)cn1. The van der Waals surface area contributed by atoms with Gasteiger partial charge in [-0.25, -0.2) is 17.8 Å². The van der Waals surface area contributed by atoms with Crippen molar-refractivity contribution in [1.29, 1.82) is 0 Å². The number of hydrogen-bond donors (Lipinski definition) is 2. The molecule has 0 unspecified atom stereocenters. The molecule has 0 aromatic carbocycles. The molecule has 1 aliphatic heterocycles. The molecule has 1 atom stereocenters. The van der Waals surface area contributed by atoms with Crippen LogP contribution >= 0.6 is 0 Å². The van der Waals surface area contributed by atoms with Gasteiger partial charge in [0.15, 0.2) is 0 Å². The second-order valence-corrected chi connectivity index (χ2v) is 7.28. The number of amides is 1. The molecular formula is C14H19FN4O4S. The quantitative estimate of drug-likeness (QED) is 0.693. The lowest BCUT2D eigenvalue weighted by Crippen LogP contribution is -2.31. The molecule has 0 radical (unpaired) electrons. The van der Waals surface area contributed by atoms with Gasteiger partial charge < -0.3 is 16.2 Å². The fraction of sp³-hybridized carbons (Fsp3) is 0.429. The Morgan fingerprint density at radius 3 is 2.75 bits per heavy atom. The summed E-state index contributed by atoms with van der Waals surface area (Å²) in [6.07, 6.45) is 1.92. The predicted molar refractivity (Wildman–Crippen MR) is 84.0 cm³/mol. The van der Waals surface area contributed by atoms with Crippen molar-refractivity contribution in [3.8, 4) is 5.88 Å². The summed E-state index contributed by atoms with van der Waals surface area (Å²) in [5, 5.41) is 0. The maximum atomic E-state index is 12.5. The molecule has 4 N–H and O–H groups in total. The number of primary amides is 1. The molecule has 8 nitrogen and oxygen atoms in total. The van der Waals surface area contributed by atoms with E-state index in [9.17, 15) is 17.6 Å². The number of pyridine rings is 1.